The molecule has 0 amide bonds. The van der Waals surface area contributed by atoms with Gasteiger partial charge in [-0.1, -0.05) is 11.6 Å². The molecule has 0 aromatic carbocycles. The molecule has 2 aromatic rings. The lowest BCUT2D eigenvalue weighted by molar-refractivity contribution is 0.578. The number of aryl methyl sites for hydroxylation is 2. The van der Waals surface area contributed by atoms with E-state index in [1.807, 2.05) is 6.92 Å². The van der Waals surface area contributed by atoms with E-state index >= 15 is 0 Å². The molecule has 0 atom stereocenters. The van der Waals surface area contributed by atoms with E-state index in [9.17, 15) is 8.42 Å². The van der Waals surface area contributed by atoms with Crippen molar-refractivity contribution in [2.24, 2.45) is 14.1 Å². The van der Waals surface area contributed by atoms with Crippen molar-refractivity contribution in [3.05, 3.63) is 28.9 Å². The maximum atomic E-state index is 12.1. The van der Waals surface area contributed by atoms with Gasteiger partial charge in [-0.15, -0.1) is 0 Å². The highest BCUT2D eigenvalue weighted by Gasteiger charge is 2.22. The molecule has 0 saturated carbocycles. The fourth-order valence-electron chi connectivity index (χ4n) is 1.53. The third-order valence-electron chi connectivity index (χ3n) is 2.88. The summed E-state index contributed by atoms with van der Waals surface area (Å²) in [5.74, 6) is 0. The molecule has 7 nitrogen and oxygen atoms in total. The highest BCUT2D eigenvalue weighted by Crippen LogP contribution is 2.18. The lowest BCUT2D eigenvalue weighted by Gasteiger charge is -2.05. The minimum Gasteiger partial charge on any atom is -0.324 e. The second kappa shape index (κ2) is 4.95. The molecule has 0 saturated heterocycles. The number of nitrogens with zero attached hydrogens (tertiary/aromatic N) is 4. The number of hydrogen-bond acceptors (Lipinski definition) is 4. The van der Waals surface area contributed by atoms with Crippen molar-refractivity contribution in [2.75, 3.05) is 0 Å². The summed E-state index contributed by atoms with van der Waals surface area (Å²) in [6.07, 6.45) is 2.98. The molecule has 0 fully saturated rings. The minimum absolute atomic E-state index is 0.0791. The van der Waals surface area contributed by atoms with E-state index in [-0.39, 0.29) is 16.7 Å². The molecule has 2 aromatic heterocycles. The van der Waals surface area contributed by atoms with Gasteiger partial charge in [0.2, 0.25) is 5.03 Å². The predicted octanol–water partition coefficient (Wildman–Crippen LogP) is 0.594. The summed E-state index contributed by atoms with van der Waals surface area (Å²) in [4.78, 5) is 3.79. The second-order valence-corrected chi connectivity index (χ2v) is 6.20. The number of rotatable bonds is 4. The Morgan fingerprint density at radius 3 is 2.58 bits per heavy atom. The van der Waals surface area contributed by atoms with Gasteiger partial charge in [-0.3, -0.25) is 4.68 Å². The fraction of sp³-hybridized carbons (Fsp3) is 0.400. The third kappa shape index (κ3) is 2.65. The molecule has 2 rings (SSSR count). The Balaban J connectivity index is 2.19. The van der Waals surface area contributed by atoms with E-state index in [4.69, 9.17) is 11.6 Å². The van der Waals surface area contributed by atoms with Crippen LogP contribution in [0.15, 0.2) is 17.6 Å². The van der Waals surface area contributed by atoms with Gasteiger partial charge in [0, 0.05) is 31.9 Å². The molecular formula is C10H14ClN5O2S. The average Bonchev–Trinajstić information content (AvgIpc) is 2.84. The number of halogens is 1. The Morgan fingerprint density at radius 2 is 2.11 bits per heavy atom. The second-order valence-electron chi connectivity index (χ2n) is 4.15. The summed E-state index contributed by atoms with van der Waals surface area (Å²) in [5.41, 5.74) is 1.70. The first-order valence-corrected chi connectivity index (χ1v) is 7.33. The normalized spacial score (nSPS) is 12.0. The van der Waals surface area contributed by atoms with Crippen molar-refractivity contribution in [2.45, 2.75) is 18.5 Å². The summed E-state index contributed by atoms with van der Waals surface area (Å²) in [6, 6.07) is 0. The minimum atomic E-state index is -3.73. The molecule has 104 valence electrons. The van der Waals surface area contributed by atoms with E-state index in [0.29, 0.717) is 0 Å². The maximum Gasteiger partial charge on any atom is 0.261 e. The van der Waals surface area contributed by atoms with E-state index in [0.717, 1.165) is 11.3 Å². The van der Waals surface area contributed by atoms with Gasteiger partial charge < -0.3 is 4.57 Å². The Labute approximate surface area is 116 Å². The molecular weight excluding hydrogens is 290 g/mol. The van der Waals surface area contributed by atoms with Gasteiger partial charge in [-0.05, 0) is 6.92 Å². The predicted molar refractivity (Wildman–Crippen MR) is 70.2 cm³/mol. The van der Waals surface area contributed by atoms with Gasteiger partial charge in [0.15, 0.2) is 0 Å². The summed E-state index contributed by atoms with van der Waals surface area (Å²) in [5, 5.41) is 3.96. The molecule has 0 aliphatic heterocycles. The molecule has 0 aliphatic carbocycles. The molecule has 9 heteroatoms. The van der Waals surface area contributed by atoms with Crippen molar-refractivity contribution in [1.82, 2.24) is 24.1 Å². The summed E-state index contributed by atoms with van der Waals surface area (Å²) in [6.45, 7) is 2.01. The number of sulfonamides is 1. The van der Waals surface area contributed by atoms with E-state index in [1.165, 1.54) is 10.9 Å². The third-order valence-corrected chi connectivity index (χ3v) is 4.77. The van der Waals surface area contributed by atoms with Crippen LogP contribution in [0.25, 0.3) is 0 Å². The number of hydrogen-bond donors (Lipinski definition) is 1. The van der Waals surface area contributed by atoms with Crippen molar-refractivity contribution in [3.8, 4) is 0 Å². The van der Waals surface area contributed by atoms with Gasteiger partial charge >= 0.3 is 0 Å². The number of nitrogens with one attached hydrogen (secondary N) is 1. The number of imidazole rings is 1. The zero-order valence-electron chi connectivity index (χ0n) is 10.8. The fourth-order valence-corrected chi connectivity index (χ4v) is 2.96. The van der Waals surface area contributed by atoms with Crippen LogP contribution in [0, 0.1) is 6.92 Å². The Kier molecular flexibility index (Phi) is 3.66. The van der Waals surface area contributed by atoms with Crippen LogP contribution in [0.3, 0.4) is 0 Å². The molecule has 0 aliphatic rings. The molecule has 0 radical (unpaired) electrons. The van der Waals surface area contributed by atoms with Crippen LogP contribution in [0.4, 0.5) is 0 Å². The van der Waals surface area contributed by atoms with Crippen molar-refractivity contribution >= 4 is 21.6 Å². The van der Waals surface area contributed by atoms with Crippen LogP contribution in [0.2, 0.25) is 5.15 Å². The highest BCUT2D eigenvalue weighted by molar-refractivity contribution is 7.89. The first kappa shape index (κ1) is 14.0. The molecule has 0 bridgehead atoms. The topological polar surface area (TPSA) is 81.8 Å². The monoisotopic (exact) mass is 303 g/mol. The zero-order chi connectivity index (χ0) is 14.2. The van der Waals surface area contributed by atoms with Crippen molar-refractivity contribution in [3.63, 3.8) is 0 Å². The lowest BCUT2D eigenvalue weighted by Crippen LogP contribution is -2.24. The van der Waals surface area contributed by atoms with Crippen molar-refractivity contribution in [1.29, 1.82) is 0 Å². The van der Waals surface area contributed by atoms with Gasteiger partial charge in [0.25, 0.3) is 10.0 Å². The van der Waals surface area contributed by atoms with Gasteiger partial charge in [-0.25, -0.2) is 18.1 Å². The Morgan fingerprint density at radius 1 is 1.42 bits per heavy atom. The molecule has 19 heavy (non-hydrogen) atoms. The summed E-state index contributed by atoms with van der Waals surface area (Å²) < 4.78 is 29.7. The van der Waals surface area contributed by atoms with E-state index in [1.54, 1.807) is 25.0 Å². The van der Waals surface area contributed by atoms with Gasteiger partial charge in [0.05, 0.1) is 12.5 Å². The standard InChI is InChI=1S/C10H14ClN5O2S/c1-7-8(4-13-16(7)3)5-14-19(17,18)10-9(11)15(2)6-12-10/h4,6,14H,5H2,1-3H3. The summed E-state index contributed by atoms with van der Waals surface area (Å²) in [7, 11) is -0.308. The molecule has 2 heterocycles. The van der Waals surface area contributed by atoms with Crippen LogP contribution in [-0.2, 0) is 30.7 Å². The van der Waals surface area contributed by atoms with Crippen LogP contribution in [0.5, 0.6) is 0 Å². The quantitative estimate of drug-likeness (QED) is 0.896. The summed E-state index contributed by atoms with van der Waals surface area (Å²) >= 11 is 5.88. The van der Waals surface area contributed by atoms with Crippen LogP contribution >= 0.6 is 11.6 Å². The van der Waals surface area contributed by atoms with Gasteiger partial charge in [-0.2, -0.15) is 5.10 Å². The molecule has 0 unspecified atom stereocenters. The highest BCUT2D eigenvalue weighted by atomic mass is 35.5. The maximum absolute atomic E-state index is 12.1. The average molecular weight is 304 g/mol. The Bertz CT molecular complexity index is 704. The van der Waals surface area contributed by atoms with Crippen LogP contribution in [0.1, 0.15) is 11.3 Å². The molecule has 0 spiro atoms. The largest absolute Gasteiger partial charge is 0.324 e. The number of aromatic nitrogens is 4. The lowest BCUT2D eigenvalue weighted by atomic mass is 10.3. The molecule has 1 N–H and O–H groups in total. The van der Waals surface area contributed by atoms with Crippen LogP contribution < -0.4 is 4.72 Å². The van der Waals surface area contributed by atoms with E-state index in [2.05, 4.69) is 14.8 Å². The van der Waals surface area contributed by atoms with E-state index < -0.39 is 10.0 Å². The van der Waals surface area contributed by atoms with Gasteiger partial charge in [0.1, 0.15) is 5.15 Å². The van der Waals surface area contributed by atoms with Crippen molar-refractivity contribution < 1.29 is 8.42 Å². The SMILES string of the molecule is Cc1c(CNS(=O)(=O)c2ncn(C)c2Cl)cnn1C. The first-order chi connectivity index (χ1) is 8.83. The smallest absolute Gasteiger partial charge is 0.261 e. The Hall–Kier alpha value is -1.38. The van der Waals surface area contributed by atoms with Crippen LogP contribution in [-0.4, -0.2) is 27.7 Å². The zero-order valence-corrected chi connectivity index (χ0v) is 12.3. The first-order valence-electron chi connectivity index (χ1n) is 5.47.